The van der Waals surface area contributed by atoms with E-state index in [-0.39, 0.29) is 18.4 Å². The maximum Gasteiger partial charge on any atom is 0.328 e. The summed E-state index contributed by atoms with van der Waals surface area (Å²) in [6.07, 6.45) is -0.207. The standard InChI is InChI=1S/C18H15BrClF2NO3/c1-26-18(25)16(7-11-6-12(20)3-5-14(11)19)23-17(24)8-10-2-4-13(21)9-15(10)22/h2-6,9,16H,7-8H2,1H3,(H,23,24)/t16-/m0/s1. The lowest BCUT2D eigenvalue weighted by Gasteiger charge is -2.17. The molecule has 0 radical (unpaired) electrons. The largest absolute Gasteiger partial charge is 0.467 e. The number of nitrogens with one attached hydrogen (secondary N) is 1. The predicted octanol–water partition coefficient (Wildman–Crippen LogP) is 3.82. The Balaban J connectivity index is 2.13. The first-order valence-corrected chi connectivity index (χ1v) is 8.72. The van der Waals surface area contributed by atoms with Crippen molar-refractivity contribution >= 4 is 39.4 Å². The number of benzene rings is 2. The lowest BCUT2D eigenvalue weighted by Crippen LogP contribution is -2.43. The highest BCUT2D eigenvalue weighted by molar-refractivity contribution is 9.10. The van der Waals surface area contributed by atoms with E-state index < -0.39 is 29.6 Å². The Morgan fingerprint density at radius 3 is 2.58 bits per heavy atom. The first-order valence-electron chi connectivity index (χ1n) is 7.55. The molecule has 0 aliphatic heterocycles. The molecule has 0 unspecified atom stereocenters. The fraction of sp³-hybridized carbons (Fsp3) is 0.222. The lowest BCUT2D eigenvalue weighted by atomic mass is 10.0. The number of ether oxygens (including phenoxy) is 1. The van der Waals surface area contributed by atoms with Gasteiger partial charge in [0.2, 0.25) is 5.91 Å². The number of rotatable bonds is 6. The van der Waals surface area contributed by atoms with Crippen molar-refractivity contribution in [3.05, 3.63) is 68.7 Å². The van der Waals surface area contributed by atoms with Crippen LogP contribution in [0, 0.1) is 11.6 Å². The Bertz CT molecular complexity index is 832. The number of esters is 1. The number of halogens is 4. The maximum atomic E-state index is 13.7. The van der Waals surface area contributed by atoms with Crippen LogP contribution in [0.25, 0.3) is 0 Å². The van der Waals surface area contributed by atoms with Crippen LogP contribution >= 0.6 is 27.5 Å². The Morgan fingerprint density at radius 2 is 1.92 bits per heavy atom. The molecular formula is C18H15BrClF2NO3. The molecule has 2 rings (SSSR count). The summed E-state index contributed by atoms with van der Waals surface area (Å²) < 4.78 is 32.1. The van der Waals surface area contributed by atoms with E-state index in [4.69, 9.17) is 16.3 Å². The fourth-order valence-corrected chi connectivity index (χ4v) is 2.94. The van der Waals surface area contributed by atoms with Crippen molar-refractivity contribution in [3.63, 3.8) is 0 Å². The monoisotopic (exact) mass is 445 g/mol. The summed E-state index contributed by atoms with van der Waals surface area (Å²) >= 11 is 9.32. The summed E-state index contributed by atoms with van der Waals surface area (Å²) in [7, 11) is 1.20. The Morgan fingerprint density at radius 1 is 1.19 bits per heavy atom. The molecule has 0 aliphatic carbocycles. The SMILES string of the molecule is COC(=O)[C@H](Cc1cc(Cl)ccc1Br)NC(=O)Cc1ccc(F)cc1F. The Kier molecular flexibility index (Phi) is 7.11. The number of carbonyl (C=O) groups excluding carboxylic acids is 2. The zero-order valence-corrected chi connectivity index (χ0v) is 16.0. The molecule has 0 bridgehead atoms. The minimum absolute atomic E-state index is 0.0245. The van der Waals surface area contributed by atoms with Gasteiger partial charge in [-0.25, -0.2) is 13.6 Å². The molecule has 1 atom stereocenters. The second-order valence-electron chi connectivity index (χ2n) is 5.50. The average Bonchev–Trinajstić information content (AvgIpc) is 2.59. The van der Waals surface area contributed by atoms with E-state index in [0.29, 0.717) is 16.7 Å². The molecule has 0 fully saturated rings. The Labute approximate surface area is 162 Å². The molecule has 0 aliphatic rings. The van der Waals surface area contributed by atoms with Crippen LogP contribution in [-0.4, -0.2) is 25.0 Å². The van der Waals surface area contributed by atoms with Gasteiger partial charge in [0.15, 0.2) is 0 Å². The third-order valence-corrected chi connectivity index (χ3v) is 4.63. The van der Waals surface area contributed by atoms with E-state index in [1.807, 2.05) is 0 Å². The number of hydrogen-bond donors (Lipinski definition) is 1. The average molecular weight is 447 g/mol. The van der Waals surface area contributed by atoms with Gasteiger partial charge in [-0.1, -0.05) is 33.6 Å². The van der Waals surface area contributed by atoms with Gasteiger partial charge in [-0.15, -0.1) is 0 Å². The van der Waals surface area contributed by atoms with Crippen molar-refractivity contribution in [1.82, 2.24) is 5.32 Å². The minimum Gasteiger partial charge on any atom is -0.467 e. The summed E-state index contributed by atoms with van der Waals surface area (Å²) in [4.78, 5) is 24.2. The summed E-state index contributed by atoms with van der Waals surface area (Å²) in [5.41, 5.74) is 0.720. The van der Waals surface area contributed by atoms with Crippen molar-refractivity contribution in [2.45, 2.75) is 18.9 Å². The summed E-state index contributed by atoms with van der Waals surface area (Å²) in [6, 6.07) is 7.03. The van der Waals surface area contributed by atoms with Crippen LogP contribution in [0.1, 0.15) is 11.1 Å². The van der Waals surface area contributed by atoms with Crippen molar-refractivity contribution < 1.29 is 23.1 Å². The third-order valence-electron chi connectivity index (χ3n) is 3.62. The molecule has 138 valence electrons. The van der Waals surface area contributed by atoms with Crippen LogP contribution in [0.3, 0.4) is 0 Å². The van der Waals surface area contributed by atoms with Crippen LogP contribution in [0.15, 0.2) is 40.9 Å². The molecule has 0 aromatic heterocycles. The molecule has 1 amide bonds. The van der Waals surface area contributed by atoms with Gasteiger partial charge in [-0.3, -0.25) is 4.79 Å². The second-order valence-corrected chi connectivity index (χ2v) is 6.79. The highest BCUT2D eigenvalue weighted by atomic mass is 79.9. The van der Waals surface area contributed by atoms with Gasteiger partial charge in [-0.2, -0.15) is 0 Å². The van der Waals surface area contributed by atoms with E-state index >= 15 is 0 Å². The van der Waals surface area contributed by atoms with Crippen LogP contribution in [0.4, 0.5) is 8.78 Å². The number of carbonyl (C=O) groups is 2. The molecule has 26 heavy (non-hydrogen) atoms. The topological polar surface area (TPSA) is 55.4 Å². The van der Waals surface area contributed by atoms with Crippen LogP contribution in [0.2, 0.25) is 5.02 Å². The van der Waals surface area contributed by atoms with E-state index in [1.165, 1.54) is 13.2 Å². The van der Waals surface area contributed by atoms with Gasteiger partial charge in [-0.05, 0) is 35.4 Å². The predicted molar refractivity (Wildman–Crippen MR) is 96.9 cm³/mol. The number of hydrogen-bond acceptors (Lipinski definition) is 3. The highest BCUT2D eigenvalue weighted by Crippen LogP contribution is 2.22. The van der Waals surface area contributed by atoms with Gasteiger partial charge in [0, 0.05) is 22.0 Å². The summed E-state index contributed by atoms with van der Waals surface area (Å²) in [5.74, 6) is -2.80. The zero-order chi connectivity index (χ0) is 19.3. The molecule has 8 heteroatoms. The van der Waals surface area contributed by atoms with Gasteiger partial charge in [0.05, 0.1) is 13.5 Å². The van der Waals surface area contributed by atoms with Gasteiger partial charge >= 0.3 is 5.97 Å². The third kappa shape index (κ3) is 5.51. The molecular weight excluding hydrogens is 432 g/mol. The van der Waals surface area contributed by atoms with Crippen molar-refractivity contribution in [2.24, 2.45) is 0 Å². The van der Waals surface area contributed by atoms with Gasteiger partial charge in [0.25, 0.3) is 0 Å². The smallest absolute Gasteiger partial charge is 0.328 e. The van der Waals surface area contributed by atoms with E-state index in [0.717, 1.165) is 10.5 Å². The molecule has 0 saturated carbocycles. The van der Waals surface area contributed by atoms with Gasteiger partial charge in [0.1, 0.15) is 17.7 Å². The summed E-state index contributed by atoms with van der Waals surface area (Å²) in [5, 5.41) is 2.99. The molecule has 2 aromatic carbocycles. The van der Waals surface area contributed by atoms with Crippen molar-refractivity contribution in [2.75, 3.05) is 7.11 Å². The number of amides is 1. The zero-order valence-electron chi connectivity index (χ0n) is 13.7. The fourth-order valence-electron chi connectivity index (χ4n) is 2.34. The van der Waals surface area contributed by atoms with E-state index in [1.54, 1.807) is 18.2 Å². The molecule has 0 heterocycles. The second kappa shape index (κ2) is 9.09. The Hall–Kier alpha value is -1.99. The van der Waals surface area contributed by atoms with Crippen molar-refractivity contribution in [3.8, 4) is 0 Å². The van der Waals surface area contributed by atoms with E-state index in [2.05, 4.69) is 21.2 Å². The quantitative estimate of drug-likeness (QED) is 0.686. The van der Waals surface area contributed by atoms with Crippen LogP contribution in [-0.2, 0) is 27.2 Å². The minimum atomic E-state index is -0.981. The molecule has 4 nitrogen and oxygen atoms in total. The number of methoxy groups -OCH3 is 1. The normalized spacial score (nSPS) is 11.7. The lowest BCUT2D eigenvalue weighted by molar-refractivity contribution is -0.145. The molecule has 2 aromatic rings. The van der Waals surface area contributed by atoms with Crippen molar-refractivity contribution in [1.29, 1.82) is 0 Å². The molecule has 0 saturated heterocycles. The molecule has 0 spiro atoms. The first-order chi connectivity index (χ1) is 12.3. The first kappa shape index (κ1) is 20.3. The summed E-state index contributed by atoms with van der Waals surface area (Å²) in [6.45, 7) is 0. The van der Waals surface area contributed by atoms with Crippen LogP contribution in [0.5, 0.6) is 0 Å². The molecule has 1 N–H and O–H groups in total. The van der Waals surface area contributed by atoms with Crippen LogP contribution < -0.4 is 5.32 Å². The van der Waals surface area contributed by atoms with Gasteiger partial charge < -0.3 is 10.1 Å². The maximum absolute atomic E-state index is 13.7. The highest BCUT2D eigenvalue weighted by Gasteiger charge is 2.23. The van der Waals surface area contributed by atoms with E-state index in [9.17, 15) is 18.4 Å².